The molecule has 1 N–H and O–H groups in total. The maximum Gasteiger partial charge on any atom is 0.165 e. The average molecular weight is 303 g/mol. The number of aryl methyl sites for hydroxylation is 1. The molecular weight excluding hydrogens is 282 g/mol. The summed E-state index contributed by atoms with van der Waals surface area (Å²) in [4.78, 5) is 4.83. The van der Waals surface area contributed by atoms with Crippen molar-refractivity contribution >= 4 is 11.3 Å². The van der Waals surface area contributed by atoms with Crippen LogP contribution in [0.4, 0.5) is 0 Å². The molecule has 2 heterocycles. The molecule has 0 fully saturated rings. The summed E-state index contributed by atoms with van der Waals surface area (Å²) < 4.78 is 5.77. The zero-order valence-electron chi connectivity index (χ0n) is 12.7. The van der Waals surface area contributed by atoms with Crippen LogP contribution in [0.2, 0.25) is 0 Å². The molecule has 0 bridgehead atoms. The molecule has 3 nitrogen and oxygen atoms in total. The first-order valence-electron chi connectivity index (χ1n) is 7.34. The number of ether oxygens (including phenoxy) is 1. The third-order valence-electron chi connectivity index (χ3n) is 3.90. The molecule has 4 heteroatoms. The van der Waals surface area contributed by atoms with Crippen molar-refractivity contribution in [3.8, 4) is 21.9 Å². The quantitative estimate of drug-likeness (QED) is 0.909. The molecule has 0 unspecified atom stereocenters. The van der Waals surface area contributed by atoms with Crippen molar-refractivity contribution in [1.29, 1.82) is 0 Å². The first kappa shape index (κ1) is 14.4. The fraction of sp³-hybridized carbons (Fsp3) is 0.412. The Kier molecular flexibility index (Phi) is 3.91. The summed E-state index contributed by atoms with van der Waals surface area (Å²) in [6, 6.07) is 8.66. The Morgan fingerprint density at radius 2 is 2.10 bits per heavy atom. The van der Waals surface area contributed by atoms with Gasteiger partial charge in [0, 0.05) is 34.4 Å². The highest BCUT2D eigenvalue weighted by Gasteiger charge is 2.21. The molecule has 112 valence electrons. The highest BCUT2D eigenvalue weighted by Crippen LogP contribution is 2.39. The number of thiophene rings is 1. The number of aromatic hydroxyl groups is 1. The van der Waals surface area contributed by atoms with Gasteiger partial charge in [-0.05, 0) is 50.6 Å². The first-order chi connectivity index (χ1) is 10.0. The maximum atomic E-state index is 10.3. The van der Waals surface area contributed by atoms with Crippen molar-refractivity contribution in [3.63, 3.8) is 0 Å². The Hall–Kier alpha value is -1.52. The summed E-state index contributed by atoms with van der Waals surface area (Å²) in [6.45, 7) is 8.81. The highest BCUT2D eigenvalue weighted by atomic mass is 32.1. The number of phenolic OH excluding ortho intramolecular Hbond substituents is 1. The predicted octanol–water partition coefficient (Wildman–Crippen LogP) is 4.03. The summed E-state index contributed by atoms with van der Waals surface area (Å²) in [7, 11) is 0. The molecule has 1 aliphatic rings. The molecule has 0 atom stereocenters. The molecule has 0 radical (unpaired) electrons. The van der Waals surface area contributed by atoms with Crippen LogP contribution < -0.4 is 4.74 Å². The van der Waals surface area contributed by atoms with Gasteiger partial charge in [0.1, 0.15) is 6.61 Å². The van der Waals surface area contributed by atoms with Crippen molar-refractivity contribution in [2.75, 3.05) is 13.2 Å². The van der Waals surface area contributed by atoms with Gasteiger partial charge in [-0.15, -0.1) is 11.3 Å². The number of hydrogen-bond acceptors (Lipinski definition) is 4. The van der Waals surface area contributed by atoms with Gasteiger partial charge in [-0.3, -0.25) is 4.90 Å². The molecule has 0 spiro atoms. The molecule has 1 aromatic carbocycles. The second kappa shape index (κ2) is 5.70. The number of fused-ring (bicyclic) bond motifs is 1. The van der Waals surface area contributed by atoms with Crippen LogP contribution >= 0.6 is 11.3 Å². The lowest BCUT2D eigenvalue weighted by Gasteiger charge is -2.23. The topological polar surface area (TPSA) is 32.7 Å². The average Bonchev–Trinajstić information content (AvgIpc) is 2.73. The molecule has 0 amide bonds. The van der Waals surface area contributed by atoms with Crippen molar-refractivity contribution in [1.82, 2.24) is 4.90 Å². The van der Waals surface area contributed by atoms with E-state index in [2.05, 4.69) is 43.9 Å². The van der Waals surface area contributed by atoms with Gasteiger partial charge in [0.25, 0.3) is 0 Å². The summed E-state index contributed by atoms with van der Waals surface area (Å²) in [5.74, 6) is 0.898. The van der Waals surface area contributed by atoms with E-state index in [0.29, 0.717) is 18.4 Å². The van der Waals surface area contributed by atoms with Crippen LogP contribution in [-0.2, 0) is 6.54 Å². The van der Waals surface area contributed by atoms with Gasteiger partial charge in [-0.1, -0.05) is 0 Å². The molecule has 0 saturated heterocycles. The van der Waals surface area contributed by atoms with Crippen molar-refractivity contribution in [3.05, 3.63) is 34.7 Å². The van der Waals surface area contributed by atoms with Crippen LogP contribution in [-0.4, -0.2) is 29.2 Å². The fourth-order valence-electron chi connectivity index (χ4n) is 2.69. The molecule has 0 saturated carbocycles. The van der Waals surface area contributed by atoms with E-state index in [9.17, 15) is 5.11 Å². The lowest BCUT2D eigenvalue weighted by atomic mass is 10.1. The normalized spacial score (nSPS) is 15.6. The van der Waals surface area contributed by atoms with E-state index in [1.54, 1.807) is 11.3 Å². The monoisotopic (exact) mass is 303 g/mol. The van der Waals surface area contributed by atoms with Crippen LogP contribution in [0.1, 0.15) is 24.3 Å². The number of hydrogen-bond donors (Lipinski definition) is 1. The second-order valence-corrected chi connectivity index (χ2v) is 7.09. The van der Waals surface area contributed by atoms with Crippen LogP contribution in [0, 0.1) is 6.92 Å². The van der Waals surface area contributed by atoms with E-state index in [1.807, 2.05) is 6.07 Å². The van der Waals surface area contributed by atoms with Gasteiger partial charge in [-0.2, -0.15) is 0 Å². The summed E-state index contributed by atoms with van der Waals surface area (Å²) >= 11 is 1.75. The van der Waals surface area contributed by atoms with E-state index < -0.39 is 0 Å². The third kappa shape index (κ3) is 2.92. The van der Waals surface area contributed by atoms with Crippen molar-refractivity contribution in [2.24, 2.45) is 0 Å². The smallest absolute Gasteiger partial charge is 0.165 e. The number of nitrogens with zero attached hydrogens (tertiary/aromatic N) is 1. The molecule has 21 heavy (non-hydrogen) atoms. The largest absolute Gasteiger partial charge is 0.504 e. The van der Waals surface area contributed by atoms with Gasteiger partial charge >= 0.3 is 0 Å². The molecule has 3 rings (SSSR count). The van der Waals surface area contributed by atoms with Crippen LogP contribution in [0.3, 0.4) is 0 Å². The van der Waals surface area contributed by atoms with Gasteiger partial charge in [-0.25, -0.2) is 0 Å². The fourth-order valence-corrected chi connectivity index (χ4v) is 3.55. The summed E-state index contributed by atoms with van der Waals surface area (Å²) in [5, 5.41) is 10.3. The SMILES string of the molecule is Cc1ccc(-c2cc(O)c3c(c2)CN(C(C)C)CCO3)s1. The Labute approximate surface area is 129 Å². The predicted molar refractivity (Wildman–Crippen MR) is 87.2 cm³/mol. The number of phenols is 1. The second-order valence-electron chi connectivity index (χ2n) is 5.81. The minimum Gasteiger partial charge on any atom is -0.504 e. The number of benzene rings is 1. The lowest BCUT2D eigenvalue weighted by Crippen LogP contribution is -2.32. The third-order valence-corrected chi connectivity index (χ3v) is 4.95. The molecule has 1 aliphatic heterocycles. The lowest BCUT2D eigenvalue weighted by molar-refractivity contribution is 0.187. The Balaban J connectivity index is 2.02. The van der Waals surface area contributed by atoms with Gasteiger partial charge in [0.2, 0.25) is 0 Å². The van der Waals surface area contributed by atoms with E-state index in [4.69, 9.17) is 4.74 Å². The summed E-state index contributed by atoms with van der Waals surface area (Å²) in [6.07, 6.45) is 0. The minimum atomic E-state index is 0.249. The standard InChI is InChI=1S/C17H21NO2S/c1-11(2)18-6-7-20-17-14(10-18)8-13(9-15(17)19)16-5-4-12(3)21-16/h4-5,8-9,11,19H,6-7,10H2,1-3H3. The van der Waals surface area contributed by atoms with Gasteiger partial charge in [0.15, 0.2) is 11.5 Å². The number of rotatable bonds is 2. The van der Waals surface area contributed by atoms with Crippen LogP contribution in [0.5, 0.6) is 11.5 Å². The summed E-state index contributed by atoms with van der Waals surface area (Å²) in [5.41, 5.74) is 2.14. The van der Waals surface area contributed by atoms with E-state index in [1.165, 1.54) is 9.75 Å². The molecule has 2 aromatic rings. The Morgan fingerprint density at radius 1 is 1.29 bits per heavy atom. The zero-order valence-corrected chi connectivity index (χ0v) is 13.5. The first-order valence-corrected chi connectivity index (χ1v) is 8.16. The van der Waals surface area contributed by atoms with Crippen molar-refractivity contribution in [2.45, 2.75) is 33.4 Å². The Morgan fingerprint density at radius 3 is 2.76 bits per heavy atom. The molecular formula is C17H21NO2S. The van der Waals surface area contributed by atoms with Crippen molar-refractivity contribution < 1.29 is 9.84 Å². The van der Waals surface area contributed by atoms with Crippen LogP contribution in [0.25, 0.3) is 10.4 Å². The maximum absolute atomic E-state index is 10.3. The molecule has 1 aromatic heterocycles. The van der Waals surface area contributed by atoms with E-state index in [0.717, 1.165) is 24.2 Å². The van der Waals surface area contributed by atoms with Crippen LogP contribution in [0.15, 0.2) is 24.3 Å². The molecule has 0 aliphatic carbocycles. The minimum absolute atomic E-state index is 0.249. The highest BCUT2D eigenvalue weighted by molar-refractivity contribution is 7.15. The Bertz CT molecular complexity index is 648. The zero-order chi connectivity index (χ0) is 15.0. The van der Waals surface area contributed by atoms with Gasteiger partial charge in [0.05, 0.1) is 0 Å². The van der Waals surface area contributed by atoms with E-state index in [-0.39, 0.29) is 5.75 Å². The van der Waals surface area contributed by atoms with Gasteiger partial charge < -0.3 is 9.84 Å². The van der Waals surface area contributed by atoms with E-state index >= 15 is 0 Å².